The molecule has 8 heteroatoms. The van der Waals surface area contributed by atoms with Gasteiger partial charge in [-0.25, -0.2) is 4.98 Å². The molecule has 2 aromatic rings. The van der Waals surface area contributed by atoms with Crippen molar-refractivity contribution in [3.8, 4) is 0 Å². The summed E-state index contributed by atoms with van der Waals surface area (Å²) in [5.41, 5.74) is 0.0201. The molecule has 1 saturated heterocycles. The Morgan fingerprint density at radius 1 is 1.16 bits per heavy atom. The molecule has 1 fully saturated rings. The van der Waals surface area contributed by atoms with Gasteiger partial charge in [-0.3, -0.25) is 4.79 Å². The molecule has 0 aromatic carbocycles. The van der Waals surface area contributed by atoms with E-state index in [0.29, 0.717) is 44.2 Å². The van der Waals surface area contributed by atoms with E-state index >= 15 is 0 Å². The molecule has 0 bridgehead atoms. The smallest absolute Gasteiger partial charge is 0.417 e. The minimum atomic E-state index is -4.39. The van der Waals surface area contributed by atoms with E-state index < -0.39 is 11.7 Å². The summed E-state index contributed by atoms with van der Waals surface area (Å²) < 4.78 is 43.1. The first-order valence-electron chi connectivity index (χ1n) is 7.98. The van der Waals surface area contributed by atoms with Gasteiger partial charge in [-0.2, -0.15) is 13.2 Å². The van der Waals surface area contributed by atoms with E-state index in [1.165, 1.54) is 12.3 Å². The second kappa shape index (κ2) is 6.78. The van der Waals surface area contributed by atoms with Crippen molar-refractivity contribution >= 4 is 11.7 Å². The van der Waals surface area contributed by atoms with Crippen LogP contribution in [0.5, 0.6) is 0 Å². The fourth-order valence-electron chi connectivity index (χ4n) is 2.83. The lowest BCUT2D eigenvalue weighted by Gasteiger charge is -2.22. The summed E-state index contributed by atoms with van der Waals surface area (Å²) in [6, 6.07) is 4.14. The summed E-state index contributed by atoms with van der Waals surface area (Å²) in [7, 11) is 0. The zero-order chi connectivity index (χ0) is 18.0. The Hall–Kier alpha value is -2.51. The van der Waals surface area contributed by atoms with Crippen LogP contribution in [0, 0.1) is 6.92 Å². The molecule has 3 rings (SSSR count). The second-order valence-electron chi connectivity index (χ2n) is 5.97. The molecule has 1 amide bonds. The van der Waals surface area contributed by atoms with Crippen LogP contribution >= 0.6 is 0 Å². The van der Waals surface area contributed by atoms with Crippen molar-refractivity contribution in [3.05, 3.63) is 47.5 Å². The number of nitrogens with zero attached hydrogens (tertiary/aromatic N) is 3. The monoisotopic (exact) mass is 353 g/mol. The quantitative estimate of drug-likeness (QED) is 0.831. The van der Waals surface area contributed by atoms with Gasteiger partial charge in [0, 0.05) is 37.9 Å². The van der Waals surface area contributed by atoms with Gasteiger partial charge in [-0.05, 0) is 31.5 Å². The van der Waals surface area contributed by atoms with Gasteiger partial charge in [0.1, 0.15) is 5.82 Å². The first kappa shape index (κ1) is 17.3. The first-order chi connectivity index (χ1) is 11.9. The summed E-state index contributed by atoms with van der Waals surface area (Å²) in [5.74, 6) is 0.655. The molecule has 1 aliphatic rings. The number of pyridine rings is 1. The van der Waals surface area contributed by atoms with E-state index in [2.05, 4.69) is 4.98 Å². The number of furan rings is 1. The fourth-order valence-corrected chi connectivity index (χ4v) is 2.83. The third-order valence-electron chi connectivity index (χ3n) is 4.24. The van der Waals surface area contributed by atoms with E-state index in [-0.39, 0.29) is 5.91 Å². The number of amides is 1. The van der Waals surface area contributed by atoms with Crippen LogP contribution in [0.25, 0.3) is 0 Å². The molecule has 25 heavy (non-hydrogen) atoms. The summed E-state index contributed by atoms with van der Waals surface area (Å²) in [5, 5.41) is 0. The lowest BCUT2D eigenvalue weighted by Crippen LogP contribution is -2.35. The van der Waals surface area contributed by atoms with Gasteiger partial charge in [0.05, 0.1) is 11.8 Å². The largest absolute Gasteiger partial charge is 0.459 e. The van der Waals surface area contributed by atoms with E-state index in [1.807, 2.05) is 11.8 Å². The predicted molar refractivity (Wildman–Crippen MR) is 85.4 cm³/mol. The van der Waals surface area contributed by atoms with Crippen molar-refractivity contribution in [2.45, 2.75) is 19.5 Å². The van der Waals surface area contributed by atoms with Gasteiger partial charge in [0.2, 0.25) is 0 Å². The molecule has 0 atom stereocenters. The number of aryl methyl sites for hydroxylation is 1. The van der Waals surface area contributed by atoms with Crippen LogP contribution in [-0.2, 0) is 6.18 Å². The fraction of sp³-hybridized carbons (Fsp3) is 0.412. The van der Waals surface area contributed by atoms with Gasteiger partial charge < -0.3 is 14.2 Å². The maximum Gasteiger partial charge on any atom is 0.417 e. The Labute approximate surface area is 143 Å². The second-order valence-corrected chi connectivity index (χ2v) is 5.97. The molecular formula is C17H18F3N3O2. The van der Waals surface area contributed by atoms with Gasteiger partial charge >= 0.3 is 6.18 Å². The summed E-state index contributed by atoms with van der Waals surface area (Å²) in [6.07, 6.45) is -1.36. The third-order valence-corrected chi connectivity index (χ3v) is 4.24. The van der Waals surface area contributed by atoms with Gasteiger partial charge in [-0.1, -0.05) is 0 Å². The maximum absolute atomic E-state index is 12.6. The Balaban J connectivity index is 1.67. The van der Waals surface area contributed by atoms with Crippen LogP contribution in [0.3, 0.4) is 0 Å². The van der Waals surface area contributed by atoms with Crippen molar-refractivity contribution in [2.24, 2.45) is 0 Å². The summed E-state index contributed by atoms with van der Waals surface area (Å²) in [6.45, 7) is 3.97. The number of anilines is 1. The van der Waals surface area contributed by atoms with E-state index in [9.17, 15) is 18.0 Å². The number of hydrogen-bond donors (Lipinski definition) is 0. The lowest BCUT2D eigenvalue weighted by molar-refractivity contribution is -0.137. The van der Waals surface area contributed by atoms with Crippen molar-refractivity contribution in [2.75, 3.05) is 31.1 Å². The zero-order valence-corrected chi connectivity index (χ0v) is 13.7. The number of hydrogen-bond acceptors (Lipinski definition) is 4. The standard InChI is InChI=1S/C17H18F3N3O2/c1-12-5-10-25-15(12)16(24)23-7-2-6-22(8-9-23)14-4-3-13(11-21-14)17(18,19)20/h3-5,10-11H,2,6-9H2,1H3. The molecule has 134 valence electrons. The highest BCUT2D eigenvalue weighted by atomic mass is 19.4. The van der Waals surface area contributed by atoms with E-state index in [0.717, 1.165) is 17.8 Å². The highest BCUT2D eigenvalue weighted by molar-refractivity contribution is 5.92. The lowest BCUT2D eigenvalue weighted by atomic mass is 10.2. The molecule has 0 saturated carbocycles. The normalized spacial score (nSPS) is 16.0. The Bertz CT molecular complexity index is 740. The number of aromatic nitrogens is 1. The molecule has 0 aliphatic carbocycles. The highest BCUT2D eigenvalue weighted by Crippen LogP contribution is 2.29. The number of carbonyl (C=O) groups is 1. The highest BCUT2D eigenvalue weighted by Gasteiger charge is 2.31. The van der Waals surface area contributed by atoms with Gasteiger partial charge in [-0.15, -0.1) is 0 Å². The zero-order valence-electron chi connectivity index (χ0n) is 13.7. The Morgan fingerprint density at radius 2 is 1.96 bits per heavy atom. The number of rotatable bonds is 2. The molecule has 0 N–H and O–H groups in total. The maximum atomic E-state index is 12.6. The number of alkyl halides is 3. The first-order valence-corrected chi connectivity index (χ1v) is 7.98. The minimum absolute atomic E-state index is 0.162. The van der Waals surface area contributed by atoms with Crippen molar-refractivity contribution < 1.29 is 22.4 Å². The predicted octanol–water partition coefficient (Wildman–Crippen LogP) is 3.35. The van der Waals surface area contributed by atoms with Gasteiger partial charge in [0.25, 0.3) is 5.91 Å². The van der Waals surface area contributed by atoms with Crippen LogP contribution in [0.15, 0.2) is 35.1 Å². The van der Waals surface area contributed by atoms with Crippen molar-refractivity contribution in [1.29, 1.82) is 0 Å². The van der Waals surface area contributed by atoms with Crippen molar-refractivity contribution in [3.63, 3.8) is 0 Å². The number of halogens is 3. The average Bonchev–Trinajstić information content (AvgIpc) is 2.86. The molecule has 5 nitrogen and oxygen atoms in total. The summed E-state index contributed by atoms with van der Waals surface area (Å²) >= 11 is 0. The average molecular weight is 353 g/mol. The van der Waals surface area contributed by atoms with Crippen LogP contribution in [0.4, 0.5) is 19.0 Å². The molecule has 2 aromatic heterocycles. The molecule has 3 heterocycles. The molecule has 0 radical (unpaired) electrons. The summed E-state index contributed by atoms with van der Waals surface area (Å²) in [4.78, 5) is 20.0. The Kier molecular flexibility index (Phi) is 4.69. The van der Waals surface area contributed by atoms with E-state index in [4.69, 9.17) is 4.42 Å². The molecule has 1 aliphatic heterocycles. The topological polar surface area (TPSA) is 49.6 Å². The van der Waals surface area contributed by atoms with Gasteiger partial charge in [0.15, 0.2) is 5.76 Å². The third kappa shape index (κ3) is 3.78. The molecular weight excluding hydrogens is 335 g/mol. The van der Waals surface area contributed by atoms with Crippen LogP contribution < -0.4 is 4.90 Å². The molecule has 0 spiro atoms. The minimum Gasteiger partial charge on any atom is -0.459 e. The Morgan fingerprint density at radius 3 is 2.56 bits per heavy atom. The SMILES string of the molecule is Cc1ccoc1C(=O)N1CCCN(c2ccc(C(F)(F)F)cn2)CC1. The van der Waals surface area contributed by atoms with Crippen LogP contribution in [-0.4, -0.2) is 42.0 Å². The van der Waals surface area contributed by atoms with Crippen molar-refractivity contribution in [1.82, 2.24) is 9.88 Å². The van der Waals surface area contributed by atoms with Crippen LogP contribution in [0.2, 0.25) is 0 Å². The molecule has 0 unspecified atom stereocenters. The van der Waals surface area contributed by atoms with E-state index in [1.54, 1.807) is 11.0 Å². The van der Waals surface area contributed by atoms with Crippen LogP contribution in [0.1, 0.15) is 28.1 Å². The number of carbonyl (C=O) groups excluding carboxylic acids is 1.